The van der Waals surface area contributed by atoms with Gasteiger partial charge in [-0.2, -0.15) is 5.10 Å². The molecule has 0 fully saturated rings. The highest BCUT2D eigenvalue weighted by atomic mass is 16.5. The van der Waals surface area contributed by atoms with Crippen molar-refractivity contribution in [3.8, 4) is 11.5 Å². The summed E-state index contributed by atoms with van der Waals surface area (Å²) >= 11 is 0. The predicted molar refractivity (Wildman–Crippen MR) is 119 cm³/mol. The third kappa shape index (κ3) is 4.00. The van der Waals surface area contributed by atoms with Crippen molar-refractivity contribution < 1.29 is 14.3 Å². The number of nitrogens with one attached hydrogen (secondary N) is 1. The van der Waals surface area contributed by atoms with Crippen LogP contribution >= 0.6 is 0 Å². The zero-order valence-corrected chi connectivity index (χ0v) is 18.1. The number of aryl methyl sites for hydroxylation is 3. The molecular weight excluding hydrogens is 394 g/mol. The molecule has 1 N–H and O–H groups in total. The Morgan fingerprint density at radius 2 is 1.65 bits per heavy atom. The van der Waals surface area contributed by atoms with E-state index in [1.165, 1.54) is 30.0 Å². The van der Waals surface area contributed by atoms with E-state index in [1.807, 2.05) is 6.92 Å². The zero-order chi connectivity index (χ0) is 22.0. The molecular formula is C24H27N3O4. The van der Waals surface area contributed by atoms with Gasteiger partial charge in [0.1, 0.15) is 0 Å². The van der Waals surface area contributed by atoms with Gasteiger partial charge in [0, 0.05) is 18.0 Å². The largest absolute Gasteiger partial charge is 0.493 e. The number of aromatic nitrogens is 2. The first-order valence-corrected chi connectivity index (χ1v) is 10.6. The van der Waals surface area contributed by atoms with Crippen molar-refractivity contribution in [3.05, 3.63) is 63.6 Å². The minimum atomic E-state index is -0.282. The van der Waals surface area contributed by atoms with Gasteiger partial charge in [-0.3, -0.25) is 9.59 Å². The summed E-state index contributed by atoms with van der Waals surface area (Å²) in [5, 5.41) is 8.37. The molecule has 31 heavy (non-hydrogen) atoms. The SMILES string of the molecule is CCn1nc(C(=O)NC2CCc3ccccc3CC2)c2cc(OC)c(OC)cc2c1=O. The Morgan fingerprint density at radius 1 is 1.06 bits per heavy atom. The van der Waals surface area contributed by atoms with E-state index in [0.29, 0.717) is 28.8 Å². The normalized spacial score (nSPS) is 14.0. The van der Waals surface area contributed by atoms with E-state index in [4.69, 9.17) is 9.47 Å². The molecule has 1 aliphatic carbocycles. The molecule has 0 bridgehead atoms. The van der Waals surface area contributed by atoms with Crippen LogP contribution in [0.2, 0.25) is 0 Å². The first-order valence-electron chi connectivity index (χ1n) is 10.6. The van der Waals surface area contributed by atoms with Crippen molar-refractivity contribution in [1.29, 1.82) is 0 Å². The maximum atomic E-state index is 13.3. The number of nitrogens with zero attached hydrogens (tertiary/aromatic N) is 2. The van der Waals surface area contributed by atoms with Crippen molar-refractivity contribution in [2.75, 3.05) is 14.2 Å². The van der Waals surface area contributed by atoms with Crippen LogP contribution in [0, 0.1) is 0 Å². The van der Waals surface area contributed by atoms with Crippen molar-refractivity contribution in [3.63, 3.8) is 0 Å². The summed E-state index contributed by atoms with van der Waals surface area (Å²) in [6.07, 6.45) is 3.58. The predicted octanol–water partition coefficient (Wildman–Crippen LogP) is 3.11. The van der Waals surface area contributed by atoms with E-state index in [2.05, 4.69) is 34.7 Å². The summed E-state index contributed by atoms with van der Waals surface area (Å²) in [5.74, 6) is 0.605. The lowest BCUT2D eigenvalue weighted by Crippen LogP contribution is -2.37. The highest BCUT2D eigenvalue weighted by Crippen LogP contribution is 2.32. The molecule has 0 aliphatic heterocycles. The van der Waals surface area contributed by atoms with Crippen molar-refractivity contribution >= 4 is 16.7 Å². The number of ether oxygens (including phenoxy) is 2. The van der Waals surface area contributed by atoms with Gasteiger partial charge in [0.25, 0.3) is 11.5 Å². The van der Waals surface area contributed by atoms with Crippen molar-refractivity contribution in [2.45, 2.75) is 45.2 Å². The van der Waals surface area contributed by atoms with Crippen LogP contribution in [-0.4, -0.2) is 35.9 Å². The van der Waals surface area contributed by atoms with Crippen LogP contribution < -0.4 is 20.3 Å². The number of benzene rings is 2. The van der Waals surface area contributed by atoms with Gasteiger partial charge in [0.15, 0.2) is 17.2 Å². The van der Waals surface area contributed by atoms with Crippen LogP contribution in [0.3, 0.4) is 0 Å². The first kappa shape index (κ1) is 20.9. The molecule has 1 aliphatic rings. The van der Waals surface area contributed by atoms with Gasteiger partial charge in [-0.05, 0) is 55.9 Å². The number of hydrogen-bond donors (Lipinski definition) is 1. The summed E-state index contributed by atoms with van der Waals surface area (Å²) in [7, 11) is 3.04. The molecule has 162 valence electrons. The Morgan fingerprint density at radius 3 is 2.19 bits per heavy atom. The molecule has 7 nitrogen and oxygen atoms in total. The molecule has 0 spiro atoms. The van der Waals surface area contributed by atoms with Crippen LogP contribution in [0.4, 0.5) is 0 Å². The van der Waals surface area contributed by atoms with Crippen LogP contribution in [0.1, 0.15) is 41.4 Å². The number of carbonyl (C=O) groups is 1. The topological polar surface area (TPSA) is 82.5 Å². The van der Waals surface area contributed by atoms with Crippen molar-refractivity contribution in [2.24, 2.45) is 0 Å². The van der Waals surface area contributed by atoms with E-state index in [1.54, 1.807) is 12.1 Å². The smallest absolute Gasteiger partial charge is 0.274 e. The summed E-state index contributed by atoms with van der Waals surface area (Å²) in [6.45, 7) is 2.19. The second kappa shape index (κ2) is 8.79. The van der Waals surface area contributed by atoms with Gasteiger partial charge in [0.05, 0.1) is 19.6 Å². The quantitative estimate of drug-likeness (QED) is 0.640. The fraction of sp³-hybridized carbons (Fsp3) is 0.375. The molecule has 0 unspecified atom stereocenters. The molecule has 7 heteroatoms. The fourth-order valence-electron chi connectivity index (χ4n) is 4.24. The minimum absolute atomic E-state index is 0.0406. The van der Waals surface area contributed by atoms with Crippen LogP contribution in [0.5, 0.6) is 11.5 Å². The number of carbonyl (C=O) groups excluding carboxylic acids is 1. The summed E-state index contributed by atoms with van der Waals surface area (Å²) in [6, 6.07) is 11.7. The van der Waals surface area contributed by atoms with Crippen LogP contribution in [0.15, 0.2) is 41.2 Å². The molecule has 0 radical (unpaired) electrons. The van der Waals surface area contributed by atoms with Gasteiger partial charge in [0.2, 0.25) is 0 Å². The van der Waals surface area contributed by atoms with Gasteiger partial charge in [-0.15, -0.1) is 0 Å². The van der Waals surface area contributed by atoms with E-state index in [9.17, 15) is 9.59 Å². The lowest BCUT2D eigenvalue weighted by Gasteiger charge is -2.18. The Hall–Kier alpha value is -3.35. The third-order valence-electron chi connectivity index (χ3n) is 5.96. The van der Waals surface area contributed by atoms with Crippen molar-refractivity contribution in [1.82, 2.24) is 15.1 Å². The summed E-state index contributed by atoms with van der Waals surface area (Å²) < 4.78 is 12.0. The Balaban J connectivity index is 1.69. The molecule has 1 aromatic heterocycles. The number of fused-ring (bicyclic) bond motifs is 2. The molecule has 0 atom stereocenters. The molecule has 4 rings (SSSR count). The average Bonchev–Trinajstić information content (AvgIpc) is 3.01. The summed E-state index contributed by atoms with van der Waals surface area (Å²) in [5.41, 5.74) is 2.65. The number of rotatable bonds is 5. The molecule has 0 saturated heterocycles. The highest BCUT2D eigenvalue weighted by Gasteiger charge is 2.23. The maximum absolute atomic E-state index is 13.3. The highest BCUT2D eigenvalue weighted by molar-refractivity contribution is 6.05. The number of amides is 1. The molecule has 1 heterocycles. The molecule has 2 aromatic carbocycles. The second-order valence-corrected chi connectivity index (χ2v) is 7.74. The summed E-state index contributed by atoms with van der Waals surface area (Å²) in [4.78, 5) is 26.1. The average molecular weight is 421 g/mol. The number of methoxy groups -OCH3 is 2. The minimum Gasteiger partial charge on any atom is -0.493 e. The first-order chi connectivity index (χ1) is 15.0. The van der Waals surface area contributed by atoms with Crippen LogP contribution in [0.25, 0.3) is 10.8 Å². The standard InChI is InChI=1S/C24H27N3O4/c1-4-27-24(29)19-14-21(31-3)20(30-2)13-18(19)22(26-27)23(28)25-17-11-9-15-7-5-6-8-16(15)10-12-17/h5-8,13-14,17H,4,9-12H2,1-3H3,(H,25,28). The zero-order valence-electron chi connectivity index (χ0n) is 18.1. The van der Waals surface area contributed by atoms with Gasteiger partial charge in [-0.1, -0.05) is 24.3 Å². The van der Waals surface area contributed by atoms with Gasteiger partial charge >= 0.3 is 0 Å². The second-order valence-electron chi connectivity index (χ2n) is 7.74. The third-order valence-corrected chi connectivity index (χ3v) is 5.96. The van der Waals surface area contributed by atoms with Gasteiger partial charge < -0.3 is 14.8 Å². The molecule has 3 aromatic rings. The fourth-order valence-corrected chi connectivity index (χ4v) is 4.24. The Kier molecular flexibility index (Phi) is 5.93. The maximum Gasteiger partial charge on any atom is 0.274 e. The molecule has 0 saturated carbocycles. The Bertz CT molecular complexity index is 1160. The van der Waals surface area contributed by atoms with Gasteiger partial charge in [-0.25, -0.2) is 4.68 Å². The Labute approximate surface area is 181 Å². The number of hydrogen-bond acceptors (Lipinski definition) is 5. The lowest BCUT2D eigenvalue weighted by atomic mass is 10.0. The lowest BCUT2D eigenvalue weighted by molar-refractivity contribution is 0.0928. The van der Waals surface area contributed by atoms with Crippen LogP contribution in [-0.2, 0) is 19.4 Å². The van der Waals surface area contributed by atoms with E-state index < -0.39 is 0 Å². The van der Waals surface area contributed by atoms with E-state index in [0.717, 1.165) is 25.7 Å². The van der Waals surface area contributed by atoms with E-state index in [-0.39, 0.29) is 23.2 Å². The van der Waals surface area contributed by atoms with E-state index >= 15 is 0 Å². The monoisotopic (exact) mass is 421 g/mol. The molecule has 1 amide bonds.